The summed E-state index contributed by atoms with van der Waals surface area (Å²) >= 11 is 0. The van der Waals surface area contributed by atoms with Crippen LogP contribution in [0.5, 0.6) is 11.5 Å². The Balaban J connectivity index is 2.16. The monoisotopic (exact) mass is 320 g/mol. The first-order chi connectivity index (χ1) is 11.6. The highest BCUT2D eigenvalue weighted by Crippen LogP contribution is 2.31. The van der Waals surface area contributed by atoms with Crippen LogP contribution in [0, 0.1) is 0 Å². The number of hydrogen-bond donors (Lipinski definition) is 1. The summed E-state index contributed by atoms with van der Waals surface area (Å²) < 4.78 is 5.43. The van der Waals surface area contributed by atoms with E-state index in [0.717, 1.165) is 16.7 Å². The summed E-state index contributed by atoms with van der Waals surface area (Å²) in [6, 6.07) is 13.8. The summed E-state index contributed by atoms with van der Waals surface area (Å²) in [4.78, 5) is 0. The lowest BCUT2D eigenvalue weighted by molar-refractivity contribution is 0.401. The number of phenolic OH excluding ortho intramolecular Hbond substituents is 1. The third-order valence-electron chi connectivity index (χ3n) is 3.63. The van der Waals surface area contributed by atoms with E-state index in [2.05, 4.69) is 18.2 Å². The predicted molar refractivity (Wildman–Crippen MR) is 102 cm³/mol. The Morgan fingerprint density at radius 3 is 2.29 bits per heavy atom. The van der Waals surface area contributed by atoms with E-state index < -0.39 is 0 Å². The molecule has 0 heterocycles. The molecule has 0 aliphatic carbocycles. The largest absolute Gasteiger partial charge is 0.507 e. The Bertz CT molecular complexity index is 749. The van der Waals surface area contributed by atoms with Crippen molar-refractivity contribution in [3.8, 4) is 11.5 Å². The Kier molecular flexibility index (Phi) is 6.44. The molecule has 0 aliphatic heterocycles. The zero-order chi connectivity index (χ0) is 17.4. The quantitative estimate of drug-likeness (QED) is 0.551. The molecule has 0 atom stereocenters. The van der Waals surface area contributed by atoms with Gasteiger partial charge in [0.15, 0.2) is 0 Å². The fourth-order valence-electron chi connectivity index (χ4n) is 2.34. The van der Waals surface area contributed by atoms with Gasteiger partial charge in [-0.1, -0.05) is 66.3 Å². The highest BCUT2D eigenvalue weighted by Gasteiger charge is 2.09. The van der Waals surface area contributed by atoms with Crippen LogP contribution in [0.1, 0.15) is 30.5 Å². The third kappa shape index (κ3) is 5.17. The molecule has 0 aliphatic rings. The molecule has 0 saturated carbocycles. The zero-order valence-electron chi connectivity index (χ0n) is 14.5. The molecule has 0 saturated heterocycles. The molecule has 124 valence electrons. The molecule has 0 unspecified atom stereocenters. The molecule has 2 aromatic carbocycles. The van der Waals surface area contributed by atoms with E-state index in [9.17, 15) is 5.11 Å². The summed E-state index contributed by atoms with van der Waals surface area (Å²) in [5.74, 6) is 0.970. The Morgan fingerprint density at radius 2 is 1.67 bits per heavy atom. The van der Waals surface area contributed by atoms with Crippen molar-refractivity contribution in [1.82, 2.24) is 0 Å². The Labute approximate surface area is 144 Å². The van der Waals surface area contributed by atoms with E-state index in [-0.39, 0.29) is 5.75 Å². The predicted octanol–water partition coefficient (Wildman–Crippen LogP) is 5.64. The molecular weight excluding hydrogens is 296 g/mol. The minimum Gasteiger partial charge on any atom is -0.507 e. The number of ether oxygens (including phenoxy) is 1. The molecule has 2 aromatic rings. The second kappa shape index (κ2) is 8.78. The van der Waals surface area contributed by atoms with Gasteiger partial charge >= 0.3 is 0 Å². The minimum atomic E-state index is 0.263. The third-order valence-corrected chi connectivity index (χ3v) is 3.63. The van der Waals surface area contributed by atoms with Crippen LogP contribution >= 0.6 is 0 Å². The van der Waals surface area contributed by atoms with E-state index in [1.807, 2.05) is 62.4 Å². The number of rotatable bonds is 6. The molecule has 24 heavy (non-hydrogen) atoms. The molecule has 0 amide bonds. The van der Waals surface area contributed by atoms with Crippen LogP contribution in [0.15, 0.2) is 66.3 Å². The lowest BCUT2D eigenvalue weighted by atomic mass is 10.0. The van der Waals surface area contributed by atoms with Crippen LogP contribution in [-0.2, 0) is 6.42 Å². The highest BCUT2D eigenvalue weighted by atomic mass is 16.5. The van der Waals surface area contributed by atoms with Gasteiger partial charge in [0, 0.05) is 5.56 Å². The summed E-state index contributed by atoms with van der Waals surface area (Å²) in [5.41, 5.74) is 4.09. The fraction of sp³-hybridized carbons (Fsp3) is 0.182. The Hall–Kier alpha value is -2.74. The summed E-state index contributed by atoms with van der Waals surface area (Å²) in [6.07, 6.45) is 10.7. The van der Waals surface area contributed by atoms with Crippen LogP contribution in [-0.4, -0.2) is 12.2 Å². The molecule has 2 nitrogen and oxygen atoms in total. The van der Waals surface area contributed by atoms with Crippen LogP contribution in [0.25, 0.3) is 12.2 Å². The average molecular weight is 320 g/mol. The van der Waals surface area contributed by atoms with Gasteiger partial charge in [-0.15, -0.1) is 0 Å². The lowest BCUT2D eigenvalue weighted by Gasteiger charge is -2.10. The van der Waals surface area contributed by atoms with Crippen molar-refractivity contribution in [3.63, 3.8) is 0 Å². The van der Waals surface area contributed by atoms with Crippen LogP contribution in [0.3, 0.4) is 0 Å². The normalized spacial score (nSPS) is 11.1. The van der Waals surface area contributed by atoms with E-state index in [1.54, 1.807) is 13.2 Å². The maximum absolute atomic E-state index is 10.3. The van der Waals surface area contributed by atoms with E-state index in [4.69, 9.17) is 4.74 Å². The second-order valence-electron chi connectivity index (χ2n) is 5.84. The molecule has 2 heteroatoms. The summed E-state index contributed by atoms with van der Waals surface area (Å²) in [7, 11) is 1.63. The van der Waals surface area contributed by atoms with E-state index >= 15 is 0 Å². The SMILES string of the molecule is COc1cc(C=CC=Cc2ccccc2)cc(O)c1CC=C(C)C. The topological polar surface area (TPSA) is 29.5 Å². The number of allylic oxidation sites excluding steroid dienone is 4. The minimum absolute atomic E-state index is 0.263. The second-order valence-corrected chi connectivity index (χ2v) is 5.84. The van der Waals surface area contributed by atoms with Crippen molar-refractivity contribution in [2.45, 2.75) is 20.3 Å². The van der Waals surface area contributed by atoms with Gasteiger partial charge < -0.3 is 9.84 Å². The molecule has 1 N–H and O–H groups in total. The standard InChI is InChI=1S/C22H24O2/c1-17(2)13-14-20-21(23)15-19(16-22(20)24-3)12-8-7-11-18-9-5-4-6-10-18/h4-13,15-16,23H,14H2,1-3H3. The number of methoxy groups -OCH3 is 1. The molecule has 0 radical (unpaired) electrons. The first-order valence-electron chi connectivity index (χ1n) is 8.03. The molecule has 0 aromatic heterocycles. The maximum atomic E-state index is 10.3. The number of hydrogen-bond acceptors (Lipinski definition) is 2. The van der Waals surface area contributed by atoms with Gasteiger partial charge in [0.05, 0.1) is 7.11 Å². The molecule has 0 fully saturated rings. The van der Waals surface area contributed by atoms with E-state index in [0.29, 0.717) is 12.2 Å². The van der Waals surface area contributed by atoms with Crippen molar-refractivity contribution in [2.75, 3.05) is 7.11 Å². The smallest absolute Gasteiger partial charge is 0.126 e. The van der Waals surface area contributed by atoms with Crippen molar-refractivity contribution in [1.29, 1.82) is 0 Å². The van der Waals surface area contributed by atoms with Crippen LogP contribution < -0.4 is 4.74 Å². The molecule has 2 rings (SSSR count). The van der Waals surface area contributed by atoms with Crippen molar-refractivity contribution in [2.24, 2.45) is 0 Å². The van der Waals surface area contributed by atoms with E-state index in [1.165, 1.54) is 5.57 Å². The molecular formula is C22H24O2. The van der Waals surface area contributed by atoms with Gasteiger partial charge in [0.1, 0.15) is 11.5 Å². The summed E-state index contributed by atoms with van der Waals surface area (Å²) in [6.45, 7) is 4.08. The number of aromatic hydroxyl groups is 1. The number of benzene rings is 2. The molecule has 0 bridgehead atoms. The van der Waals surface area contributed by atoms with Crippen molar-refractivity contribution in [3.05, 3.63) is 83.0 Å². The fourth-order valence-corrected chi connectivity index (χ4v) is 2.34. The first-order valence-corrected chi connectivity index (χ1v) is 8.03. The highest BCUT2D eigenvalue weighted by molar-refractivity contribution is 5.61. The lowest BCUT2D eigenvalue weighted by Crippen LogP contribution is -1.93. The van der Waals surface area contributed by atoms with Gasteiger partial charge in [-0.25, -0.2) is 0 Å². The van der Waals surface area contributed by atoms with Gasteiger partial charge in [-0.2, -0.15) is 0 Å². The molecule has 0 spiro atoms. The average Bonchev–Trinajstić information content (AvgIpc) is 2.58. The number of phenols is 1. The van der Waals surface area contributed by atoms with Gasteiger partial charge in [0.2, 0.25) is 0 Å². The van der Waals surface area contributed by atoms with Gasteiger partial charge in [-0.05, 0) is 43.5 Å². The van der Waals surface area contributed by atoms with Crippen molar-refractivity contribution >= 4 is 12.2 Å². The van der Waals surface area contributed by atoms with Crippen LogP contribution in [0.4, 0.5) is 0 Å². The van der Waals surface area contributed by atoms with Crippen LogP contribution in [0.2, 0.25) is 0 Å². The Morgan fingerprint density at radius 1 is 1.00 bits per heavy atom. The van der Waals surface area contributed by atoms with Crippen molar-refractivity contribution < 1.29 is 9.84 Å². The van der Waals surface area contributed by atoms with Gasteiger partial charge in [-0.3, -0.25) is 0 Å². The van der Waals surface area contributed by atoms with Gasteiger partial charge in [0.25, 0.3) is 0 Å². The zero-order valence-corrected chi connectivity index (χ0v) is 14.5. The first kappa shape index (κ1) is 17.6. The maximum Gasteiger partial charge on any atom is 0.126 e. The summed E-state index contributed by atoms with van der Waals surface area (Å²) in [5, 5.41) is 10.3.